The lowest BCUT2D eigenvalue weighted by atomic mass is 10.3. The lowest BCUT2D eigenvalue weighted by Crippen LogP contribution is -2.14. The van der Waals surface area contributed by atoms with Crippen LogP contribution in [0.2, 0.25) is 0 Å². The SMILES string of the molecule is CCS(=O)(=O)Nc1ccc2c(c1)OCCCO2. The highest BCUT2D eigenvalue weighted by Gasteiger charge is 2.13. The van der Waals surface area contributed by atoms with Crippen molar-refractivity contribution in [2.75, 3.05) is 23.7 Å². The molecule has 0 amide bonds. The third-order valence-corrected chi connectivity index (χ3v) is 3.71. The molecule has 0 radical (unpaired) electrons. The Balaban J connectivity index is 2.24. The molecule has 1 N–H and O–H groups in total. The molecule has 0 aromatic heterocycles. The Morgan fingerprint density at radius 2 is 1.94 bits per heavy atom. The monoisotopic (exact) mass is 257 g/mol. The van der Waals surface area contributed by atoms with Crippen LogP contribution in [0.5, 0.6) is 11.5 Å². The molecule has 0 saturated carbocycles. The minimum absolute atomic E-state index is 0.0431. The van der Waals surface area contributed by atoms with Crippen molar-refractivity contribution in [3.8, 4) is 11.5 Å². The van der Waals surface area contributed by atoms with Gasteiger partial charge < -0.3 is 9.47 Å². The molecule has 0 aliphatic carbocycles. The molecule has 1 aliphatic heterocycles. The first-order valence-electron chi connectivity index (χ1n) is 5.51. The molecule has 0 fully saturated rings. The normalized spacial score (nSPS) is 15.1. The number of hydrogen-bond donors (Lipinski definition) is 1. The van der Waals surface area contributed by atoms with Crippen LogP contribution in [0, 0.1) is 0 Å². The van der Waals surface area contributed by atoms with Crippen LogP contribution in [0.25, 0.3) is 0 Å². The molecule has 2 rings (SSSR count). The predicted molar refractivity (Wildman–Crippen MR) is 65.1 cm³/mol. The van der Waals surface area contributed by atoms with Crippen molar-refractivity contribution in [3.05, 3.63) is 18.2 Å². The van der Waals surface area contributed by atoms with E-state index in [1.807, 2.05) is 0 Å². The summed E-state index contributed by atoms with van der Waals surface area (Å²) in [7, 11) is -3.25. The van der Waals surface area contributed by atoms with E-state index in [0.29, 0.717) is 30.4 Å². The topological polar surface area (TPSA) is 64.6 Å². The molecule has 17 heavy (non-hydrogen) atoms. The molecular weight excluding hydrogens is 242 g/mol. The first kappa shape index (κ1) is 12.0. The zero-order chi connectivity index (χ0) is 12.3. The number of rotatable bonds is 3. The van der Waals surface area contributed by atoms with Crippen molar-refractivity contribution in [1.29, 1.82) is 0 Å². The van der Waals surface area contributed by atoms with E-state index in [1.54, 1.807) is 25.1 Å². The zero-order valence-electron chi connectivity index (χ0n) is 9.60. The predicted octanol–water partition coefficient (Wildman–Crippen LogP) is 1.61. The van der Waals surface area contributed by atoms with E-state index in [1.165, 1.54) is 0 Å². The molecule has 1 aliphatic rings. The summed E-state index contributed by atoms with van der Waals surface area (Å²) in [5, 5.41) is 0. The van der Waals surface area contributed by atoms with Crippen LogP contribution in [0.15, 0.2) is 18.2 Å². The summed E-state index contributed by atoms with van der Waals surface area (Å²) >= 11 is 0. The number of hydrogen-bond acceptors (Lipinski definition) is 4. The van der Waals surface area contributed by atoms with E-state index in [2.05, 4.69) is 4.72 Å². The van der Waals surface area contributed by atoms with Crippen LogP contribution in [0.4, 0.5) is 5.69 Å². The Kier molecular flexibility index (Phi) is 3.42. The molecule has 94 valence electrons. The lowest BCUT2D eigenvalue weighted by molar-refractivity contribution is 0.297. The Morgan fingerprint density at radius 1 is 1.24 bits per heavy atom. The summed E-state index contributed by atoms with van der Waals surface area (Å²) in [5.74, 6) is 1.28. The number of fused-ring (bicyclic) bond motifs is 1. The average Bonchev–Trinajstić information content (AvgIpc) is 2.53. The maximum atomic E-state index is 11.4. The number of ether oxygens (including phenoxy) is 2. The Labute approximate surface area is 101 Å². The van der Waals surface area contributed by atoms with Gasteiger partial charge in [-0.2, -0.15) is 0 Å². The largest absolute Gasteiger partial charge is 0.490 e. The van der Waals surface area contributed by atoms with E-state index in [9.17, 15) is 8.42 Å². The molecule has 1 aromatic carbocycles. The summed E-state index contributed by atoms with van der Waals surface area (Å²) < 4.78 is 36.3. The molecule has 6 heteroatoms. The number of sulfonamides is 1. The van der Waals surface area contributed by atoms with Crippen molar-refractivity contribution < 1.29 is 17.9 Å². The molecule has 0 unspecified atom stereocenters. The standard InChI is InChI=1S/C11H15NO4S/c1-2-17(13,14)12-9-4-5-10-11(8-9)16-7-3-6-15-10/h4-5,8,12H,2-3,6-7H2,1H3. The van der Waals surface area contributed by atoms with Gasteiger partial charge >= 0.3 is 0 Å². The van der Waals surface area contributed by atoms with E-state index in [-0.39, 0.29) is 5.75 Å². The Bertz CT molecular complexity index is 498. The molecular formula is C11H15NO4S. The number of nitrogens with one attached hydrogen (secondary N) is 1. The summed E-state index contributed by atoms with van der Waals surface area (Å²) in [5.41, 5.74) is 0.496. The third-order valence-electron chi connectivity index (χ3n) is 2.40. The Hall–Kier alpha value is -1.43. The fraction of sp³-hybridized carbons (Fsp3) is 0.455. The van der Waals surface area contributed by atoms with Gasteiger partial charge in [-0.25, -0.2) is 8.42 Å². The number of benzene rings is 1. The van der Waals surface area contributed by atoms with Gasteiger partial charge in [0.15, 0.2) is 11.5 Å². The minimum Gasteiger partial charge on any atom is -0.490 e. The van der Waals surface area contributed by atoms with E-state index in [4.69, 9.17) is 9.47 Å². The highest BCUT2D eigenvalue weighted by Crippen LogP contribution is 2.32. The summed E-state index contributed by atoms with van der Waals surface area (Å²) in [6, 6.07) is 5.03. The van der Waals surface area contributed by atoms with Crippen molar-refractivity contribution in [1.82, 2.24) is 0 Å². The van der Waals surface area contributed by atoms with Crippen LogP contribution in [-0.4, -0.2) is 27.4 Å². The zero-order valence-corrected chi connectivity index (χ0v) is 10.4. The molecule has 0 atom stereocenters. The van der Waals surface area contributed by atoms with Crippen molar-refractivity contribution in [2.45, 2.75) is 13.3 Å². The van der Waals surface area contributed by atoms with Gasteiger partial charge in [-0.05, 0) is 19.1 Å². The van der Waals surface area contributed by atoms with Gasteiger partial charge in [-0.1, -0.05) is 0 Å². The second kappa shape index (κ2) is 4.83. The smallest absolute Gasteiger partial charge is 0.232 e. The molecule has 1 aromatic rings. The van der Waals surface area contributed by atoms with Gasteiger partial charge in [-0.3, -0.25) is 4.72 Å². The summed E-state index contributed by atoms with van der Waals surface area (Å²) in [6.45, 7) is 2.79. The highest BCUT2D eigenvalue weighted by molar-refractivity contribution is 7.92. The van der Waals surface area contributed by atoms with Gasteiger partial charge in [0.2, 0.25) is 10.0 Å². The fourth-order valence-corrected chi connectivity index (χ4v) is 2.11. The van der Waals surface area contributed by atoms with Crippen LogP contribution >= 0.6 is 0 Å². The first-order chi connectivity index (χ1) is 8.11. The van der Waals surface area contributed by atoms with E-state index >= 15 is 0 Å². The second-order valence-corrected chi connectivity index (χ2v) is 5.73. The molecule has 1 heterocycles. The van der Waals surface area contributed by atoms with Crippen LogP contribution < -0.4 is 14.2 Å². The first-order valence-corrected chi connectivity index (χ1v) is 7.16. The van der Waals surface area contributed by atoms with Crippen molar-refractivity contribution >= 4 is 15.7 Å². The fourth-order valence-electron chi connectivity index (χ4n) is 1.48. The van der Waals surface area contributed by atoms with Gasteiger partial charge in [0.25, 0.3) is 0 Å². The van der Waals surface area contributed by atoms with Gasteiger partial charge in [0, 0.05) is 12.5 Å². The van der Waals surface area contributed by atoms with E-state index in [0.717, 1.165) is 6.42 Å². The average molecular weight is 257 g/mol. The maximum Gasteiger partial charge on any atom is 0.232 e. The molecule has 0 bridgehead atoms. The van der Waals surface area contributed by atoms with Crippen LogP contribution in [0.1, 0.15) is 13.3 Å². The summed E-state index contributed by atoms with van der Waals surface area (Å²) in [6.07, 6.45) is 0.824. The second-order valence-electron chi connectivity index (χ2n) is 3.72. The number of anilines is 1. The molecule has 0 spiro atoms. The quantitative estimate of drug-likeness (QED) is 0.893. The highest BCUT2D eigenvalue weighted by atomic mass is 32.2. The third kappa shape index (κ3) is 3.03. The van der Waals surface area contributed by atoms with E-state index < -0.39 is 10.0 Å². The minimum atomic E-state index is -3.25. The lowest BCUT2D eigenvalue weighted by Gasteiger charge is -2.10. The van der Waals surface area contributed by atoms with Crippen LogP contribution in [-0.2, 0) is 10.0 Å². The molecule has 5 nitrogen and oxygen atoms in total. The summed E-state index contributed by atoms with van der Waals surface area (Å²) in [4.78, 5) is 0. The van der Waals surface area contributed by atoms with Gasteiger partial charge in [0.05, 0.1) is 24.7 Å². The molecule has 0 saturated heterocycles. The van der Waals surface area contributed by atoms with Crippen molar-refractivity contribution in [2.24, 2.45) is 0 Å². The maximum absolute atomic E-state index is 11.4. The van der Waals surface area contributed by atoms with Gasteiger partial charge in [0.1, 0.15) is 0 Å². The van der Waals surface area contributed by atoms with Crippen molar-refractivity contribution in [3.63, 3.8) is 0 Å². The van der Waals surface area contributed by atoms with Crippen LogP contribution in [0.3, 0.4) is 0 Å². The van der Waals surface area contributed by atoms with Gasteiger partial charge in [-0.15, -0.1) is 0 Å². The Morgan fingerprint density at radius 3 is 2.65 bits per heavy atom.